The summed E-state index contributed by atoms with van der Waals surface area (Å²) in [6.07, 6.45) is 1.59. The number of benzene rings is 1. The van der Waals surface area contributed by atoms with Crippen molar-refractivity contribution in [1.82, 2.24) is 4.57 Å². The number of pyridine rings is 1. The number of hydrogen-bond acceptors (Lipinski definition) is 2. The van der Waals surface area contributed by atoms with Crippen LogP contribution in [0.3, 0.4) is 0 Å². The molecule has 0 bridgehead atoms. The number of nitrogens with one attached hydrogen (secondary N) is 1. The Morgan fingerprint density at radius 2 is 1.84 bits per heavy atom. The second-order valence-electron chi connectivity index (χ2n) is 3.88. The van der Waals surface area contributed by atoms with Crippen molar-refractivity contribution in [1.29, 1.82) is 0 Å². The van der Waals surface area contributed by atoms with Gasteiger partial charge < -0.3 is 9.88 Å². The van der Waals surface area contributed by atoms with Crippen LogP contribution in [0.25, 0.3) is 0 Å². The molecular formula is C13H11F3N2O. The molecule has 100 valence electrons. The molecule has 0 aliphatic heterocycles. The van der Waals surface area contributed by atoms with Crippen molar-refractivity contribution in [2.75, 3.05) is 11.9 Å². The van der Waals surface area contributed by atoms with Gasteiger partial charge in [-0.15, -0.1) is 0 Å². The summed E-state index contributed by atoms with van der Waals surface area (Å²) < 4.78 is 40.4. The Balaban J connectivity index is 2.03. The molecule has 0 unspecified atom stereocenters. The van der Waals surface area contributed by atoms with E-state index in [1.807, 2.05) is 0 Å². The molecule has 2 rings (SSSR count). The molecular weight excluding hydrogens is 257 g/mol. The van der Waals surface area contributed by atoms with Gasteiger partial charge >= 0.3 is 0 Å². The Morgan fingerprint density at radius 1 is 1.05 bits per heavy atom. The van der Waals surface area contributed by atoms with E-state index in [0.717, 1.165) is 12.1 Å². The van der Waals surface area contributed by atoms with Gasteiger partial charge in [-0.05, 0) is 18.2 Å². The molecule has 0 fully saturated rings. The van der Waals surface area contributed by atoms with Crippen LogP contribution in [0.1, 0.15) is 0 Å². The van der Waals surface area contributed by atoms with Crippen LogP contribution in [0.15, 0.2) is 41.3 Å². The Morgan fingerprint density at radius 3 is 2.58 bits per heavy atom. The van der Waals surface area contributed by atoms with Crippen LogP contribution in [-0.2, 0) is 6.54 Å². The highest BCUT2D eigenvalue weighted by atomic mass is 19.2. The fraction of sp³-hybridized carbons (Fsp3) is 0.154. The van der Waals surface area contributed by atoms with Crippen LogP contribution in [0.5, 0.6) is 0 Å². The van der Waals surface area contributed by atoms with Gasteiger partial charge in [-0.2, -0.15) is 0 Å². The monoisotopic (exact) mass is 268 g/mol. The summed E-state index contributed by atoms with van der Waals surface area (Å²) in [6.45, 7) is 0.504. The average Bonchev–Trinajstić information content (AvgIpc) is 2.41. The first kappa shape index (κ1) is 13.2. The highest BCUT2D eigenvalue weighted by Crippen LogP contribution is 2.19. The summed E-state index contributed by atoms with van der Waals surface area (Å²) in [5.41, 5.74) is -0.321. The van der Waals surface area contributed by atoms with Crippen molar-refractivity contribution in [2.45, 2.75) is 6.54 Å². The number of rotatable bonds is 4. The zero-order valence-corrected chi connectivity index (χ0v) is 9.87. The number of aromatic nitrogens is 1. The van der Waals surface area contributed by atoms with Crippen molar-refractivity contribution < 1.29 is 13.2 Å². The molecule has 0 saturated heterocycles. The lowest BCUT2D eigenvalue weighted by Gasteiger charge is -2.09. The summed E-state index contributed by atoms with van der Waals surface area (Å²) in [6, 6.07) is 6.66. The van der Waals surface area contributed by atoms with Crippen LogP contribution in [0.4, 0.5) is 18.9 Å². The Kier molecular flexibility index (Phi) is 3.89. The van der Waals surface area contributed by atoms with Crippen LogP contribution in [-0.4, -0.2) is 11.1 Å². The maximum Gasteiger partial charge on any atom is 0.250 e. The van der Waals surface area contributed by atoms with Gasteiger partial charge in [0.15, 0.2) is 17.5 Å². The molecule has 0 atom stereocenters. The zero-order chi connectivity index (χ0) is 13.8. The van der Waals surface area contributed by atoms with Gasteiger partial charge in [0.25, 0.3) is 5.56 Å². The zero-order valence-electron chi connectivity index (χ0n) is 9.87. The Bertz CT molecular complexity index is 640. The molecule has 0 aliphatic carbocycles. The van der Waals surface area contributed by atoms with Crippen molar-refractivity contribution >= 4 is 5.69 Å². The molecule has 1 heterocycles. The van der Waals surface area contributed by atoms with E-state index in [1.165, 1.54) is 10.6 Å². The minimum absolute atomic E-state index is 0.136. The standard InChI is InChI=1S/C13H11F3N2O/c14-9-4-5-10(13(16)12(9)15)17-6-8-18-7-2-1-3-11(18)19/h1-5,7,17H,6,8H2. The highest BCUT2D eigenvalue weighted by Gasteiger charge is 2.12. The van der Waals surface area contributed by atoms with E-state index in [0.29, 0.717) is 0 Å². The average molecular weight is 268 g/mol. The van der Waals surface area contributed by atoms with Gasteiger partial charge in [0.05, 0.1) is 5.69 Å². The summed E-state index contributed by atoms with van der Waals surface area (Å²) in [5, 5.41) is 2.62. The van der Waals surface area contributed by atoms with Crippen molar-refractivity contribution in [3.63, 3.8) is 0 Å². The lowest BCUT2D eigenvalue weighted by molar-refractivity contribution is 0.448. The molecule has 0 radical (unpaired) electrons. The summed E-state index contributed by atoms with van der Waals surface area (Å²) in [5.74, 6) is -4.01. The molecule has 2 aromatic rings. The van der Waals surface area contributed by atoms with Crippen molar-refractivity contribution in [3.8, 4) is 0 Å². The van der Waals surface area contributed by atoms with E-state index in [-0.39, 0.29) is 24.3 Å². The minimum atomic E-state index is -1.51. The first-order valence-corrected chi connectivity index (χ1v) is 5.62. The topological polar surface area (TPSA) is 34.0 Å². The van der Waals surface area contributed by atoms with Gasteiger partial charge in [-0.3, -0.25) is 4.79 Å². The van der Waals surface area contributed by atoms with Crippen molar-refractivity contribution in [3.05, 3.63) is 64.3 Å². The second-order valence-corrected chi connectivity index (χ2v) is 3.88. The summed E-state index contributed by atoms with van der Waals surface area (Å²) >= 11 is 0. The number of nitrogens with zero attached hydrogens (tertiary/aromatic N) is 1. The first-order chi connectivity index (χ1) is 9.09. The maximum atomic E-state index is 13.3. The molecule has 0 saturated carbocycles. The van der Waals surface area contributed by atoms with E-state index in [1.54, 1.807) is 18.3 Å². The van der Waals surface area contributed by atoms with Crippen LogP contribution in [0.2, 0.25) is 0 Å². The Labute approximate surface area is 107 Å². The molecule has 0 amide bonds. The largest absolute Gasteiger partial charge is 0.381 e. The van der Waals surface area contributed by atoms with E-state index in [2.05, 4.69) is 5.32 Å². The maximum absolute atomic E-state index is 13.3. The molecule has 3 nitrogen and oxygen atoms in total. The van der Waals surface area contributed by atoms with Crippen LogP contribution >= 0.6 is 0 Å². The van der Waals surface area contributed by atoms with Crippen LogP contribution in [0, 0.1) is 17.5 Å². The van der Waals surface area contributed by atoms with Gasteiger partial charge in [0.2, 0.25) is 0 Å². The number of halogens is 3. The molecule has 19 heavy (non-hydrogen) atoms. The summed E-state index contributed by atoms with van der Waals surface area (Å²) in [4.78, 5) is 11.4. The number of hydrogen-bond donors (Lipinski definition) is 1. The molecule has 1 aromatic carbocycles. The van der Waals surface area contributed by atoms with E-state index >= 15 is 0 Å². The predicted octanol–water partition coefficient (Wildman–Crippen LogP) is 2.38. The highest BCUT2D eigenvalue weighted by molar-refractivity contribution is 5.45. The lowest BCUT2D eigenvalue weighted by Crippen LogP contribution is -2.22. The minimum Gasteiger partial charge on any atom is -0.381 e. The Hall–Kier alpha value is -2.24. The van der Waals surface area contributed by atoms with E-state index in [4.69, 9.17) is 0 Å². The van der Waals surface area contributed by atoms with E-state index < -0.39 is 17.5 Å². The summed E-state index contributed by atoms with van der Waals surface area (Å²) in [7, 11) is 0. The molecule has 0 spiro atoms. The van der Waals surface area contributed by atoms with Gasteiger partial charge in [-0.25, -0.2) is 13.2 Å². The first-order valence-electron chi connectivity index (χ1n) is 5.62. The second kappa shape index (κ2) is 5.60. The lowest BCUT2D eigenvalue weighted by atomic mass is 10.3. The van der Waals surface area contributed by atoms with Gasteiger partial charge in [0, 0.05) is 25.4 Å². The third kappa shape index (κ3) is 2.96. The SMILES string of the molecule is O=c1ccccn1CCNc1ccc(F)c(F)c1F. The molecule has 1 N–H and O–H groups in total. The van der Waals surface area contributed by atoms with Gasteiger partial charge in [0.1, 0.15) is 0 Å². The number of anilines is 1. The predicted molar refractivity (Wildman–Crippen MR) is 65.5 cm³/mol. The third-order valence-electron chi connectivity index (χ3n) is 2.60. The van der Waals surface area contributed by atoms with Gasteiger partial charge in [-0.1, -0.05) is 6.07 Å². The molecule has 1 aromatic heterocycles. The smallest absolute Gasteiger partial charge is 0.250 e. The normalized spacial score (nSPS) is 10.5. The molecule has 6 heteroatoms. The van der Waals surface area contributed by atoms with Crippen LogP contribution < -0.4 is 10.9 Å². The third-order valence-corrected chi connectivity index (χ3v) is 2.60. The van der Waals surface area contributed by atoms with E-state index in [9.17, 15) is 18.0 Å². The fourth-order valence-electron chi connectivity index (χ4n) is 1.62. The quantitative estimate of drug-likeness (QED) is 0.864. The fourth-order valence-corrected chi connectivity index (χ4v) is 1.62. The molecule has 0 aliphatic rings. The van der Waals surface area contributed by atoms with Crippen molar-refractivity contribution in [2.24, 2.45) is 0 Å².